The summed E-state index contributed by atoms with van der Waals surface area (Å²) in [7, 11) is 0. The summed E-state index contributed by atoms with van der Waals surface area (Å²) in [6, 6.07) is 18.6. The van der Waals surface area contributed by atoms with Crippen LogP contribution in [0.4, 0.5) is 0 Å². The molecule has 2 aliphatic heterocycles. The van der Waals surface area contributed by atoms with E-state index in [2.05, 4.69) is 27.2 Å². The van der Waals surface area contributed by atoms with Crippen molar-refractivity contribution in [2.75, 3.05) is 26.4 Å². The summed E-state index contributed by atoms with van der Waals surface area (Å²) in [5.41, 5.74) is 3.29. The molecule has 31 heavy (non-hydrogen) atoms. The number of aromatic nitrogens is 2. The van der Waals surface area contributed by atoms with Crippen LogP contribution in [0.15, 0.2) is 54.6 Å². The lowest BCUT2D eigenvalue weighted by Crippen LogP contribution is -2.51. The fourth-order valence-electron chi connectivity index (χ4n) is 4.57. The van der Waals surface area contributed by atoms with Gasteiger partial charge in [0.15, 0.2) is 11.5 Å². The largest absolute Gasteiger partial charge is 0.454 e. The van der Waals surface area contributed by atoms with Crippen LogP contribution in [-0.2, 0) is 0 Å². The molecule has 7 nitrogen and oxygen atoms in total. The molecule has 0 spiro atoms. The zero-order chi connectivity index (χ0) is 20.8. The molecular weight excluding hydrogens is 392 g/mol. The van der Waals surface area contributed by atoms with Gasteiger partial charge in [0.1, 0.15) is 5.69 Å². The fourth-order valence-corrected chi connectivity index (χ4v) is 4.57. The molecule has 1 aromatic heterocycles. The predicted octanol–water partition coefficient (Wildman–Crippen LogP) is 3.47. The summed E-state index contributed by atoms with van der Waals surface area (Å²) in [5.74, 6) is 1.42. The number of ether oxygens (including phenoxy) is 2. The molecule has 3 aromatic rings. The van der Waals surface area contributed by atoms with Crippen molar-refractivity contribution >= 4 is 5.91 Å². The van der Waals surface area contributed by atoms with Crippen molar-refractivity contribution in [3.63, 3.8) is 0 Å². The van der Waals surface area contributed by atoms with E-state index in [0.717, 1.165) is 30.1 Å². The number of carbonyl (C=O) groups excluding carboxylic acids is 1. The molecule has 3 aliphatic rings. The van der Waals surface area contributed by atoms with Crippen LogP contribution in [0.3, 0.4) is 0 Å². The molecule has 3 heterocycles. The highest BCUT2D eigenvalue weighted by Crippen LogP contribution is 2.36. The topological polar surface area (TPSA) is 70.7 Å². The highest BCUT2D eigenvalue weighted by Gasteiger charge is 2.38. The van der Waals surface area contributed by atoms with Gasteiger partial charge in [-0.25, -0.2) is 0 Å². The van der Waals surface area contributed by atoms with Crippen molar-refractivity contribution in [2.24, 2.45) is 0 Å². The molecule has 1 unspecified atom stereocenters. The fraction of sp³-hybridized carbons (Fsp3) is 0.333. The van der Waals surface area contributed by atoms with Crippen molar-refractivity contribution < 1.29 is 14.3 Å². The average molecular weight is 416 g/mol. The van der Waals surface area contributed by atoms with Gasteiger partial charge in [0.25, 0.3) is 5.91 Å². The van der Waals surface area contributed by atoms with Crippen LogP contribution < -0.4 is 9.47 Å². The molecule has 1 saturated heterocycles. The van der Waals surface area contributed by atoms with Gasteiger partial charge in [0.2, 0.25) is 6.79 Å². The Kier molecular flexibility index (Phi) is 4.42. The molecule has 0 bridgehead atoms. The van der Waals surface area contributed by atoms with Crippen molar-refractivity contribution in [2.45, 2.75) is 24.9 Å². The van der Waals surface area contributed by atoms with Gasteiger partial charge in [0.05, 0.1) is 11.7 Å². The number of nitrogens with one attached hydrogen (secondary N) is 1. The molecule has 7 heteroatoms. The zero-order valence-corrected chi connectivity index (χ0v) is 17.2. The minimum absolute atomic E-state index is 0.0104. The minimum atomic E-state index is -0.0104. The molecule has 1 aliphatic carbocycles. The molecular formula is C24H24N4O3. The molecule has 1 N–H and O–H groups in total. The lowest BCUT2D eigenvalue weighted by molar-refractivity contribution is 0.0427. The van der Waals surface area contributed by atoms with Crippen LogP contribution in [0.1, 0.15) is 34.9 Å². The maximum Gasteiger partial charge on any atom is 0.272 e. The smallest absolute Gasteiger partial charge is 0.272 e. The number of piperazine rings is 1. The van der Waals surface area contributed by atoms with Crippen molar-refractivity contribution in [3.05, 3.63) is 65.9 Å². The quantitative estimate of drug-likeness (QED) is 0.705. The van der Waals surface area contributed by atoms with Crippen LogP contribution in [-0.4, -0.2) is 58.4 Å². The van der Waals surface area contributed by atoms with Crippen LogP contribution >= 0.6 is 0 Å². The summed E-state index contributed by atoms with van der Waals surface area (Å²) in [6.07, 6.45) is 2.55. The second-order valence-electron chi connectivity index (χ2n) is 8.39. The number of rotatable bonds is 4. The van der Waals surface area contributed by atoms with Crippen molar-refractivity contribution in [3.8, 4) is 22.8 Å². The van der Waals surface area contributed by atoms with E-state index < -0.39 is 0 Å². The Morgan fingerprint density at radius 3 is 2.68 bits per heavy atom. The monoisotopic (exact) mass is 416 g/mol. The highest BCUT2D eigenvalue weighted by atomic mass is 16.7. The number of fused-ring (bicyclic) bond motifs is 1. The Balaban J connectivity index is 1.27. The number of hydrogen-bond donors (Lipinski definition) is 1. The average Bonchev–Trinajstić information content (AvgIpc) is 3.36. The molecule has 158 valence electrons. The first kappa shape index (κ1) is 18.4. The summed E-state index contributed by atoms with van der Waals surface area (Å²) in [6.45, 7) is 2.75. The van der Waals surface area contributed by atoms with Crippen molar-refractivity contribution in [1.82, 2.24) is 20.0 Å². The first-order valence-electron chi connectivity index (χ1n) is 10.8. The summed E-state index contributed by atoms with van der Waals surface area (Å²) < 4.78 is 10.8. The van der Waals surface area contributed by atoms with Gasteiger partial charge >= 0.3 is 0 Å². The maximum absolute atomic E-state index is 13.5. The Morgan fingerprint density at radius 1 is 1.00 bits per heavy atom. The van der Waals surface area contributed by atoms with Gasteiger partial charge in [-0.1, -0.05) is 30.3 Å². The van der Waals surface area contributed by atoms with E-state index in [4.69, 9.17) is 9.47 Å². The van der Waals surface area contributed by atoms with Crippen LogP contribution in [0.25, 0.3) is 11.3 Å². The van der Waals surface area contributed by atoms with E-state index >= 15 is 0 Å². The first-order valence-corrected chi connectivity index (χ1v) is 10.8. The Labute approximate surface area is 180 Å². The second-order valence-corrected chi connectivity index (χ2v) is 8.39. The third kappa shape index (κ3) is 3.45. The minimum Gasteiger partial charge on any atom is -0.454 e. The SMILES string of the molecule is O=C(c1cc(-c2ccc3c(c2)OCO3)n[nH]1)N1CCN(C2CC2)CC1c1ccccc1. The molecule has 2 aromatic carbocycles. The normalized spacial score (nSPS) is 20.8. The van der Waals surface area contributed by atoms with Gasteiger partial charge in [0, 0.05) is 31.2 Å². The van der Waals surface area contributed by atoms with Crippen LogP contribution in [0, 0.1) is 0 Å². The highest BCUT2D eigenvalue weighted by molar-refractivity contribution is 5.94. The van der Waals surface area contributed by atoms with E-state index in [-0.39, 0.29) is 18.7 Å². The summed E-state index contributed by atoms with van der Waals surface area (Å²) >= 11 is 0. The molecule has 1 amide bonds. The Morgan fingerprint density at radius 2 is 1.84 bits per heavy atom. The number of benzene rings is 2. The third-order valence-electron chi connectivity index (χ3n) is 6.40. The number of aromatic amines is 1. The van der Waals surface area contributed by atoms with E-state index in [9.17, 15) is 4.79 Å². The van der Waals surface area contributed by atoms with E-state index in [1.807, 2.05) is 47.4 Å². The predicted molar refractivity (Wildman–Crippen MR) is 115 cm³/mol. The molecule has 1 atom stereocenters. The Bertz CT molecular complexity index is 1110. The third-order valence-corrected chi connectivity index (χ3v) is 6.40. The number of nitrogens with zero attached hydrogens (tertiary/aromatic N) is 3. The number of H-pyrrole nitrogens is 1. The molecule has 2 fully saturated rings. The number of amides is 1. The lowest BCUT2D eigenvalue weighted by Gasteiger charge is -2.41. The van der Waals surface area contributed by atoms with Gasteiger partial charge in [-0.05, 0) is 42.7 Å². The summed E-state index contributed by atoms with van der Waals surface area (Å²) in [5, 5.41) is 7.36. The second kappa shape index (κ2) is 7.42. The number of hydrogen-bond acceptors (Lipinski definition) is 5. The lowest BCUT2D eigenvalue weighted by atomic mass is 10.0. The Hall–Kier alpha value is -3.32. The maximum atomic E-state index is 13.5. The van der Waals surface area contributed by atoms with Gasteiger partial charge in [-0.15, -0.1) is 0 Å². The molecule has 6 rings (SSSR count). The zero-order valence-electron chi connectivity index (χ0n) is 17.2. The molecule has 1 saturated carbocycles. The van der Waals surface area contributed by atoms with Crippen LogP contribution in [0.5, 0.6) is 11.5 Å². The van der Waals surface area contributed by atoms with E-state index in [1.165, 1.54) is 18.4 Å². The standard InChI is InChI=1S/C24H24N4O3/c29-24(20-13-19(25-26-20)17-6-9-22-23(12-17)31-15-30-22)28-11-10-27(18-7-8-18)14-21(28)16-4-2-1-3-5-16/h1-6,9,12-13,18,21H,7-8,10-11,14-15H2,(H,25,26). The van der Waals surface area contributed by atoms with Crippen molar-refractivity contribution in [1.29, 1.82) is 0 Å². The number of carbonyl (C=O) groups is 1. The van der Waals surface area contributed by atoms with Gasteiger partial charge < -0.3 is 14.4 Å². The van der Waals surface area contributed by atoms with Crippen LogP contribution in [0.2, 0.25) is 0 Å². The van der Waals surface area contributed by atoms with E-state index in [0.29, 0.717) is 24.0 Å². The van der Waals surface area contributed by atoms with Gasteiger partial charge in [-0.3, -0.25) is 14.8 Å². The van der Waals surface area contributed by atoms with E-state index in [1.54, 1.807) is 0 Å². The summed E-state index contributed by atoms with van der Waals surface area (Å²) in [4.78, 5) is 18.0. The molecule has 0 radical (unpaired) electrons. The van der Waals surface area contributed by atoms with Gasteiger partial charge in [-0.2, -0.15) is 5.10 Å². The first-order chi connectivity index (χ1) is 15.3.